The summed E-state index contributed by atoms with van der Waals surface area (Å²) in [5, 5.41) is 3.00. The molecular formula is C16H19N5O3S2. The lowest BCUT2D eigenvalue weighted by Crippen LogP contribution is -2.26. The first-order valence-corrected chi connectivity index (χ1v) is 10.8. The first-order chi connectivity index (χ1) is 12.5. The fourth-order valence-electron chi connectivity index (χ4n) is 3.04. The zero-order valence-corrected chi connectivity index (χ0v) is 15.6. The summed E-state index contributed by atoms with van der Waals surface area (Å²) in [6, 6.07) is 4.50. The second-order valence-corrected chi connectivity index (χ2v) is 8.85. The first kappa shape index (κ1) is 17.3. The van der Waals surface area contributed by atoms with E-state index in [-0.39, 0.29) is 17.1 Å². The molecule has 138 valence electrons. The van der Waals surface area contributed by atoms with Gasteiger partial charge in [0.2, 0.25) is 10.0 Å². The second kappa shape index (κ2) is 6.86. The summed E-state index contributed by atoms with van der Waals surface area (Å²) in [6.45, 7) is 2.36. The van der Waals surface area contributed by atoms with Gasteiger partial charge in [-0.3, -0.25) is 0 Å². The highest BCUT2D eigenvalue weighted by atomic mass is 32.2. The van der Waals surface area contributed by atoms with E-state index in [1.165, 1.54) is 25.0 Å². The molecule has 0 bridgehead atoms. The molecule has 0 spiro atoms. The number of sulfonamides is 1. The predicted octanol–water partition coefficient (Wildman–Crippen LogP) is 1.43. The summed E-state index contributed by atoms with van der Waals surface area (Å²) in [5.74, 6) is 0. The van der Waals surface area contributed by atoms with Crippen molar-refractivity contribution in [2.75, 3.05) is 24.5 Å². The van der Waals surface area contributed by atoms with E-state index in [1.54, 1.807) is 17.4 Å². The molecular weight excluding hydrogens is 374 g/mol. The zero-order chi connectivity index (χ0) is 18.1. The molecule has 0 atom stereocenters. The van der Waals surface area contributed by atoms with Gasteiger partial charge in [0.25, 0.3) is 0 Å². The van der Waals surface area contributed by atoms with Gasteiger partial charge < -0.3 is 14.9 Å². The van der Waals surface area contributed by atoms with Crippen molar-refractivity contribution in [3.8, 4) is 0 Å². The highest BCUT2D eigenvalue weighted by molar-refractivity contribution is 7.89. The molecule has 3 heterocycles. The summed E-state index contributed by atoms with van der Waals surface area (Å²) in [4.78, 5) is 23.4. The van der Waals surface area contributed by atoms with E-state index < -0.39 is 10.0 Å². The fraction of sp³-hybridized carbons (Fsp3) is 0.375. The molecule has 3 aromatic rings. The van der Waals surface area contributed by atoms with Crippen molar-refractivity contribution >= 4 is 37.5 Å². The Balaban J connectivity index is 1.40. The van der Waals surface area contributed by atoms with Gasteiger partial charge in [0.1, 0.15) is 0 Å². The monoisotopic (exact) mass is 393 g/mol. The van der Waals surface area contributed by atoms with Crippen LogP contribution in [0.5, 0.6) is 0 Å². The molecule has 4 rings (SSSR count). The minimum absolute atomic E-state index is 0.122. The lowest BCUT2D eigenvalue weighted by molar-refractivity contribution is 0.581. The summed E-state index contributed by atoms with van der Waals surface area (Å²) in [6.07, 6.45) is 2.93. The van der Waals surface area contributed by atoms with Crippen LogP contribution < -0.4 is 15.3 Å². The van der Waals surface area contributed by atoms with Crippen LogP contribution in [0, 0.1) is 0 Å². The van der Waals surface area contributed by atoms with Crippen LogP contribution in [0.2, 0.25) is 0 Å². The predicted molar refractivity (Wildman–Crippen MR) is 101 cm³/mol. The van der Waals surface area contributed by atoms with Crippen molar-refractivity contribution < 1.29 is 8.42 Å². The molecule has 0 radical (unpaired) electrons. The van der Waals surface area contributed by atoms with E-state index in [2.05, 4.69) is 24.6 Å². The number of fused-ring (bicyclic) bond motifs is 1. The molecule has 8 nitrogen and oxygen atoms in total. The minimum atomic E-state index is -3.64. The third-order valence-corrected chi connectivity index (χ3v) is 6.80. The van der Waals surface area contributed by atoms with Gasteiger partial charge >= 0.3 is 5.69 Å². The van der Waals surface area contributed by atoms with Gasteiger partial charge in [-0.2, -0.15) is 0 Å². The summed E-state index contributed by atoms with van der Waals surface area (Å²) < 4.78 is 27.5. The van der Waals surface area contributed by atoms with Crippen LogP contribution in [0.15, 0.2) is 33.3 Å². The van der Waals surface area contributed by atoms with E-state index in [0.717, 1.165) is 23.9 Å². The van der Waals surface area contributed by atoms with Gasteiger partial charge in [-0.15, -0.1) is 11.3 Å². The molecule has 1 aromatic carbocycles. The van der Waals surface area contributed by atoms with Crippen molar-refractivity contribution in [2.24, 2.45) is 0 Å². The topological polar surface area (TPSA) is 111 Å². The second-order valence-electron chi connectivity index (χ2n) is 6.25. The lowest BCUT2D eigenvalue weighted by Gasteiger charge is -2.12. The number of rotatable bonds is 6. The number of thiazole rings is 1. The summed E-state index contributed by atoms with van der Waals surface area (Å²) in [5.41, 5.74) is 1.57. The number of nitrogens with zero attached hydrogens (tertiary/aromatic N) is 2. The largest absolute Gasteiger partial charge is 0.348 e. The summed E-state index contributed by atoms with van der Waals surface area (Å²) in [7, 11) is -3.64. The number of benzene rings is 1. The van der Waals surface area contributed by atoms with E-state index in [9.17, 15) is 13.2 Å². The Morgan fingerprint density at radius 3 is 2.77 bits per heavy atom. The fourth-order valence-corrected chi connectivity index (χ4v) is 5.01. The van der Waals surface area contributed by atoms with Gasteiger partial charge in [0.15, 0.2) is 5.13 Å². The molecule has 0 saturated carbocycles. The number of aromatic amines is 2. The summed E-state index contributed by atoms with van der Waals surface area (Å²) >= 11 is 1.61. The number of nitrogens with one attached hydrogen (secondary N) is 3. The zero-order valence-electron chi connectivity index (χ0n) is 14.0. The molecule has 0 amide bonds. The molecule has 1 aliphatic rings. The Morgan fingerprint density at radius 2 is 1.96 bits per heavy atom. The van der Waals surface area contributed by atoms with Crippen LogP contribution in [0.3, 0.4) is 0 Å². The smallest absolute Gasteiger partial charge is 0.323 e. The minimum Gasteiger partial charge on any atom is -0.348 e. The normalized spacial score (nSPS) is 15.2. The maximum Gasteiger partial charge on any atom is 0.323 e. The number of hydrogen-bond donors (Lipinski definition) is 3. The average molecular weight is 393 g/mol. The third-order valence-electron chi connectivity index (χ3n) is 4.39. The average Bonchev–Trinajstić information content (AvgIpc) is 3.33. The van der Waals surface area contributed by atoms with Crippen molar-refractivity contribution in [2.45, 2.75) is 24.2 Å². The molecule has 0 unspecified atom stereocenters. The number of aromatic nitrogens is 3. The van der Waals surface area contributed by atoms with Crippen molar-refractivity contribution in [1.82, 2.24) is 19.7 Å². The molecule has 1 aliphatic heterocycles. The van der Waals surface area contributed by atoms with Gasteiger partial charge in [-0.1, -0.05) is 0 Å². The number of hydrogen-bond acceptors (Lipinski definition) is 6. The Labute approximate surface area is 154 Å². The van der Waals surface area contributed by atoms with Crippen molar-refractivity contribution in [3.63, 3.8) is 0 Å². The SMILES string of the molecule is O=c1[nH]c2ccc(S(=O)(=O)NCCc3csc(N4CCCC4)n3)cc2[nH]1. The quantitative estimate of drug-likeness (QED) is 0.587. The maximum atomic E-state index is 12.4. The molecule has 1 saturated heterocycles. The molecule has 0 aliphatic carbocycles. The number of anilines is 1. The van der Waals surface area contributed by atoms with Crippen molar-refractivity contribution in [1.29, 1.82) is 0 Å². The molecule has 2 aromatic heterocycles. The van der Waals surface area contributed by atoms with E-state index in [4.69, 9.17) is 0 Å². The van der Waals surface area contributed by atoms with E-state index in [0.29, 0.717) is 17.5 Å². The van der Waals surface area contributed by atoms with Crippen LogP contribution >= 0.6 is 11.3 Å². The highest BCUT2D eigenvalue weighted by Gasteiger charge is 2.17. The standard InChI is InChI=1S/C16H19N5O3S2/c22-15-19-13-4-3-12(9-14(13)20-15)26(23,24)17-6-5-11-10-25-16(18-11)21-7-1-2-8-21/h3-4,9-10,17H,1-2,5-8H2,(H2,19,20,22). The Kier molecular flexibility index (Phi) is 4.55. The highest BCUT2D eigenvalue weighted by Crippen LogP contribution is 2.24. The van der Waals surface area contributed by atoms with Crippen LogP contribution in [0.4, 0.5) is 5.13 Å². The van der Waals surface area contributed by atoms with Crippen molar-refractivity contribution in [3.05, 3.63) is 39.8 Å². The first-order valence-electron chi connectivity index (χ1n) is 8.42. The van der Waals surface area contributed by atoms with Crippen LogP contribution in [-0.2, 0) is 16.4 Å². The van der Waals surface area contributed by atoms with Gasteiger partial charge in [-0.05, 0) is 31.0 Å². The Morgan fingerprint density at radius 1 is 1.19 bits per heavy atom. The molecule has 1 fully saturated rings. The number of imidazole rings is 1. The van der Waals surface area contributed by atoms with Crippen LogP contribution in [-0.4, -0.2) is 43.0 Å². The van der Waals surface area contributed by atoms with Gasteiger partial charge in [0.05, 0.1) is 21.6 Å². The van der Waals surface area contributed by atoms with E-state index >= 15 is 0 Å². The molecule has 10 heteroatoms. The lowest BCUT2D eigenvalue weighted by atomic mass is 10.3. The Bertz CT molecular complexity index is 1080. The van der Waals surface area contributed by atoms with Crippen LogP contribution in [0.25, 0.3) is 11.0 Å². The van der Waals surface area contributed by atoms with Gasteiger partial charge in [0, 0.05) is 31.4 Å². The third kappa shape index (κ3) is 3.53. The maximum absolute atomic E-state index is 12.4. The van der Waals surface area contributed by atoms with E-state index in [1.807, 2.05) is 5.38 Å². The number of H-pyrrole nitrogens is 2. The van der Waals surface area contributed by atoms with Crippen LogP contribution in [0.1, 0.15) is 18.5 Å². The Hall–Kier alpha value is -2.17. The molecule has 3 N–H and O–H groups in total. The molecule has 26 heavy (non-hydrogen) atoms. The van der Waals surface area contributed by atoms with Gasteiger partial charge in [-0.25, -0.2) is 22.9 Å².